The fraction of sp³-hybridized carbons (Fsp3) is 0.579. The monoisotopic (exact) mass is 490 g/mol. The molecule has 0 aliphatic heterocycles. The number of amides is 1. The third-order valence-electron chi connectivity index (χ3n) is 4.34. The largest absolute Gasteiger partial charge is 0.493 e. The van der Waals surface area contributed by atoms with Crippen LogP contribution in [0.3, 0.4) is 0 Å². The number of halogens is 1. The fourth-order valence-corrected chi connectivity index (χ4v) is 3.03. The van der Waals surface area contributed by atoms with Gasteiger partial charge in [-0.25, -0.2) is 4.99 Å². The summed E-state index contributed by atoms with van der Waals surface area (Å²) in [6.07, 6.45) is 5.79. The van der Waals surface area contributed by atoms with Crippen LogP contribution in [0.2, 0.25) is 0 Å². The molecule has 0 radical (unpaired) electrons. The molecule has 0 saturated heterocycles. The van der Waals surface area contributed by atoms with Crippen molar-refractivity contribution in [2.24, 2.45) is 4.99 Å². The predicted molar refractivity (Wildman–Crippen MR) is 120 cm³/mol. The highest BCUT2D eigenvalue weighted by Crippen LogP contribution is 2.29. The normalized spacial score (nSPS) is 14.7. The summed E-state index contributed by atoms with van der Waals surface area (Å²) in [5.41, 5.74) is 0.801. The van der Waals surface area contributed by atoms with Crippen molar-refractivity contribution in [1.82, 2.24) is 10.6 Å². The first-order valence-corrected chi connectivity index (χ1v) is 9.23. The zero-order valence-electron chi connectivity index (χ0n) is 16.3. The Morgan fingerprint density at radius 3 is 2.48 bits per heavy atom. The molecule has 1 fully saturated rings. The molecule has 1 amide bonds. The van der Waals surface area contributed by atoms with E-state index in [-0.39, 0.29) is 36.4 Å². The van der Waals surface area contributed by atoms with Crippen molar-refractivity contribution >= 4 is 41.5 Å². The topological polar surface area (TPSA) is 84.0 Å². The number of nitrogens with one attached hydrogen (secondary N) is 3. The number of rotatable bonds is 7. The molecule has 0 aromatic heterocycles. The van der Waals surface area contributed by atoms with Gasteiger partial charge in [0.2, 0.25) is 5.91 Å². The third-order valence-corrected chi connectivity index (χ3v) is 4.34. The molecule has 0 unspecified atom stereocenters. The maximum absolute atomic E-state index is 12.1. The van der Waals surface area contributed by atoms with Gasteiger partial charge in [0.1, 0.15) is 6.54 Å². The Morgan fingerprint density at radius 2 is 1.85 bits per heavy atom. The number of carbonyl (C=O) groups is 1. The summed E-state index contributed by atoms with van der Waals surface area (Å²) in [6.45, 7) is 2.77. The Hall–Kier alpha value is -1.71. The zero-order chi connectivity index (χ0) is 18.8. The van der Waals surface area contributed by atoms with Gasteiger partial charge in [-0.2, -0.15) is 0 Å². The first-order valence-electron chi connectivity index (χ1n) is 9.23. The van der Waals surface area contributed by atoms with Gasteiger partial charge in [0, 0.05) is 24.3 Å². The molecule has 1 aromatic carbocycles. The van der Waals surface area contributed by atoms with E-state index in [9.17, 15) is 4.79 Å². The van der Waals surface area contributed by atoms with E-state index in [1.165, 1.54) is 19.3 Å². The minimum absolute atomic E-state index is 0. The van der Waals surface area contributed by atoms with Gasteiger partial charge in [0.05, 0.1) is 14.2 Å². The van der Waals surface area contributed by atoms with Crippen molar-refractivity contribution in [3.63, 3.8) is 0 Å². The Balaban J connectivity index is 0.00000364. The van der Waals surface area contributed by atoms with Crippen LogP contribution >= 0.6 is 24.0 Å². The van der Waals surface area contributed by atoms with Gasteiger partial charge in [-0.3, -0.25) is 4.79 Å². The number of methoxy groups -OCH3 is 2. The molecule has 0 heterocycles. The van der Waals surface area contributed by atoms with Crippen LogP contribution in [0.15, 0.2) is 23.2 Å². The molecule has 27 heavy (non-hydrogen) atoms. The molecule has 0 spiro atoms. The van der Waals surface area contributed by atoms with Gasteiger partial charge in [-0.15, -0.1) is 24.0 Å². The number of ether oxygens (including phenoxy) is 2. The van der Waals surface area contributed by atoms with E-state index in [2.05, 4.69) is 20.9 Å². The SMILES string of the molecule is CCNC(=NCC(=O)NC1CCCCC1)Nc1ccc(OC)c(OC)c1.I. The summed E-state index contributed by atoms with van der Waals surface area (Å²) in [6, 6.07) is 5.82. The molecule has 7 nitrogen and oxygen atoms in total. The van der Waals surface area contributed by atoms with Gasteiger partial charge >= 0.3 is 0 Å². The van der Waals surface area contributed by atoms with E-state index in [0.717, 1.165) is 18.5 Å². The van der Waals surface area contributed by atoms with Crippen LogP contribution in [0.4, 0.5) is 5.69 Å². The second-order valence-corrected chi connectivity index (χ2v) is 6.29. The Morgan fingerprint density at radius 1 is 1.15 bits per heavy atom. The van der Waals surface area contributed by atoms with Gasteiger partial charge in [-0.05, 0) is 31.9 Å². The first-order chi connectivity index (χ1) is 12.7. The van der Waals surface area contributed by atoms with Crippen LogP contribution in [-0.4, -0.2) is 45.2 Å². The third kappa shape index (κ3) is 7.82. The highest BCUT2D eigenvalue weighted by atomic mass is 127. The Labute approximate surface area is 178 Å². The van der Waals surface area contributed by atoms with Crippen molar-refractivity contribution < 1.29 is 14.3 Å². The highest BCUT2D eigenvalue weighted by Gasteiger charge is 2.15. The van der Waals surface area contributed by atoms with Crippen molar-refractivity contribution in [2.75, 3.05) is 32.6 Å². The number of aliphatic imine (C=N–C) groups is 1. The van der Waals surface area contributed by atoms with Crippen molar-refractivity contribution in [2.45, 2.75) is 45.1 Å². The molecule has 8 heteroatoms. The van der Waals surface area contributed by atoms with Crippen LogP contribution in [0.25, 0.3) is 0 Å². The lowest BCUT2D eigenvalue weighted by Crippen LogP contribution is -2.38. The van der Waals surface area contributed by atoms with E-state index in [0.29, 0.717) is 30.0 Å². The second kappa shape index (κ2) is 12.6. The molecule has 0 atom stereocenters. The summed E-state index contributed by atoms with van der Waals surface area (Å²) in [5.74, 6) is 1.80. The highest BCUT2D eigenvalue weighted by molar-refractivity contribution is 14.0. The molecule has 152 valence electrons. The summed E-state index contributed by atoms with van der Waals surface area (Å²) in [4.78, 5) is 16.5. The van der Waals surface area contributed by atoms with Gasteiger partial charge in [0.15, 0.2) is 17.5 Å². The minimum Gasteiger partial charge on any atom is -0.493 e. The van der Waals surface area contributed by atoms with Crippen LogP contribution in [0.5, 0.6) is 11.5 Å². The maximum atomic E-state index is 12.1. The molecule has 1 aliphatic carbocycles. The van der Waals surface area contributed by atoms with Gasteiger partial charge < -0.3 is 25.4 Å². The summed E-state index contributed by atoms with van der Waals surface area (Å²) >= 11 is 0. The van der Waals surface area contributed by atoms with Crippen molar-refractivity contribution in [1.29, 1.82) is 0 Å². The lowest BCUT2D eigenvalue weighted by atomic mass is 9.95. The lowest BCUT2D eigenvalue weighted by molar-refractivity contribution is -0.120. The van der Waals surface area contributed by atoms with Crippen LogP contribution in [0, 0.1) is 0 Å². The molecule has 1 saturated carbocycles. The molecule has 1 aromatic rings. The standard InChI is InChI=1S/C19H30N4O3.HI/c1-4-20-19(21-13-18(24)22-14-8-6-5-7-9-14)23-15-10-11-16(25-2)17(12-15)26-3;/h10-12,14H,4-9,13H2,1-3H3,(H,22,24)(H2,20,21,23);1H. The quantitative estimate of drug-likeness (QED) is 0.311. The number of hydrogen-bond donors (Lipinski definition) is 3. The van der Waals surface area contributed by atoms with Crippen molar-refractivity contribution in [3.8, 4) is 11.5 Å². The van der Waals surface area contributed by atoms with Gasteiger partial charge in [0.25, 0.3) is 0 Å². The number of guanidine groups is 1. The van der Waals surface area contributed by atoms with Gasteiger partial charge in [-0.1, -0.05) is 19.3 Å². The van der Waals surface area contributed by atoms with Crippen LogP contribution in [-0.2, 0) is 4.79 Å². The minimum atomic E-state index is -0.0404. The average molecular weight is 490 g/mol. The smallest absolute Gasteiger partial charge is 0.242 e. The maximum Gasteiger partial charge on any atom is 0.242 e. The number of nitrogens with zero attached hydrogens (tertiary/aromatic N) is 1. The molecule has 1 aliphatic rings. The van der Waals surface area contributed by atoms with E-state index in [1.54, 1.807) is 14.2 Å². The van der Waals surface area contributed by atoms with E-state index in [1.807, 2.05) is 25.1 Å². The lowest BCUT2D eigenvalue weighted by Gasteiger charge is -2.22. The average Bonchev–Trinajstić information content (AvgIpc) is 2.67. The fourth-order valence-electron chi connectivity index (χ4n) is 3.03. The molecular weight excluding hydrogens is 459 g/mol. The summed E-state index contributed by atoms with van der Waals surface area (Å²) in [7, 11) is 3.19. The van der Waals surface area contributed by atoms with Crippen molar-refractivity contribution in [3.05, 3.63) is 18.2 Å². The summed E-state index contributed by atoms with van der Waals surface area (Å²) in [5, 5.41) is 9.41. The number of hydrogen-bond acceptors (Lipinski definition) is 4. The van der Waals surface area contributed by atoms with Crippen LogP contribution < -0.4 is 25.4 Å². The van der Waals surface area contributed by atoms with E-state index in [4.69, 9.17) is 9.47 Å². The molecule has 2 rings (SSSR count). The second-order valence-electron chi connectivity index (χ2n) is 6.29. The molecule has 0 bridgehead atoms. The Bertz CT molecular complexity index is 619. The predicted octanol–water partition coefficient (Wildman–Crippen LogP) is 3.15. The number of anilines is 1. The molecular formula is C19H31IN4O3. The first kappa shape index (κ1) is 23.3. The van der Waals surface area contributed by atoms with E-state index >= 15 is 0 Å². The number of benzene rings is 1. The zero-order valence-corrected chi connectivity index (χ0v) is 18.7. The Kier molecular flexibility index (Phi) is 10.9. The number of carbonyl (C=O) groups excluding carboxylic acids is 1. The van der Waals surface area contributed by atoms with Crippen LogP contribution in [0.1, 0.15) is 39.0 Å². The molecule has 3 N–H and O–H groups in total. The van der Waals surface area contributed by atoms with E-state index < -0.39 is 0 Å². The summed E-state index contributed by atoms with van der Waals surface area (Å²) < 4.78 is 10.6.